The van der Waals surface area contributed by atoms with Gasteiger partial charge in [-0.25, -0.2) is 4.68 Å². The first-order valence-electron chi connectivity index (χ1n) is 6.81. The minimum atomic E-state index is -4.32. The van der Waals surface area contributed by atoms with Crippen molar-refractivity contribution in [2.75, 3.05) is 5.32 Å². The Balaban J connectivity index is 1.98. The van der Waals surface area contributed by atoms with Crippen molar-refractivity contribution in [1.29, 1.82) is 0 Å². The predicted octanol–water partition coefficient (Wildman–Crippen LogP) is 3.07. The van der Waals surface area contributed by atoms with Crippen molar-refractivity contribution in [2.24, 2.45) is 0 Å². The monoisotopic (exact) mass is 299 g/mol. The standard InChI is InChI=1S/C13H16F3N5/c1-3-20-7-9(8(2)19-20)10-6-11(13(14,15)16)21-12(18-10)4-5-17-21/h4-5,7,10-11,18H,3,6H2,1-2H3/t10-,11+/m1/s1. The average Bonchev–Trinajstić information content (AvgIpc) is 3.01. The summed E-state index contributed by atoms with van der Waals surface area (Å²) >= 11 is 0. The van der Waals surface area contributed by atoms with Gasteiger partial charge in [0.05, 0.1) is 17.9 Å². The molecule has 0 radical (unpaired) electrons. The molecule has 0 amide bonds. The maximum atomic E-state index is 13.2. The van der Waals surface area contributed by atoms with Gasteiger partial charge in [-0.05, 0) is 13.8 Å². The van der Waals surface area contributed by atoms with Crippen LogP contribution in [0.3, 0.4) is 0 Å². The van der Waals surface area contributed by atoms with Crippen molar-refractivity contribution in [3.8, 4) is 0 Å². The summed E-state index contributed by atoms with van der Waals surface area (Å²) < 4.78 is 42.5. The van der Waals surface area contributed by atoms with Crippen LogP contribution >= 0.6 is 0 Å². The first-order valence-corrected chi connectivity index (χ1v) is 6.81. The van der Waals surface area contributed by atoms with E-state index in [-0.39, 0.29) is 6.42 Å². The first-order chi connectivity index (χ1) is 9.90. The minimum Gasteiger partial charge on any atom is -0.363 e. The highest BCUT2D eigenvalue weighted by atomic mass is 19.4. The molecule has 2 aromatic rings. The van der Waals surface area contributed by atoms with Gasteiger partial charge in [0.2, 0.25) is 0 Å². The van der Waals surface area contributed by atoms with Gasteiger partial charge >= 0.3 is 6.18 Å². The molecule has 2 aromatic heterocycles. The van der Waals surface area contributed by atoms with Crippen LogP contribution in [0.25, 0.3) is 0 Å². The molecule has 1 N–H and O–H groups in total. The van der Waals surface area contributed by atoms with Crippen LogP contribution in [0, 0.1) is 6.92 Å². The Labute approximate surface area is 119 Å². The molecule has 0 aliphatic carbocycles. The fourth-order valence-corrected chi connectivity index (χ4v) is 2.75. The summed E-state index contributed by atoms with van der Waals surface area (Å²) in [5.74, 6) is 0.386. The number of halogens is 3. The number of hydrogen-bond acceptors (Lipinski definition) is 3. The summed E-state index contributed by atoms with van der Waals surface area (Å²) in [5.41, 5.74) is 1.56. The fraction of sp³-hybridized carbons (Fsp3) is 0.538. The highest BCUT2D eigenvalue weighted by Crippen LogP contribution is 2.43. The van der Waals surface area contributed by atoms with Crippen LogP contribution in [-0.2, 0) is 6.54 Å². The SMILES string of the molecule is CCn1cc([C@H]2C[C@@H](C(F)(F)F)n3nccc3N2)c(C)n1. The number of rotatable bonds is 2. The summed E-state index contributed by atoms with van der Waals surface area (Å²) in [6.45, 7) is 4.45. The second kappa shape index (κ2) is 4.78. The second-order valence-electron chi connectivity index (χ2n) is 5.18. The summed E-state index contributed by atoms with van der Waals surface area (Å²) in [6.07, 6.45) is -1.22. The van der Waals surface area contributed by atoms with Crippen LogP contribution in [0.4, 0.5) is 19.0 Å². The Morgan fingerprint density at radius 3 is 2.81 bits per heavy atom. The van der Waals surface area contributed by atoms with Gasteiger partial charge in [0.15, 0.2) is 6.04 Å². The van der Waals surface area contributed by atoms with Gasteiger partial charge in [0.1, 0.15) is 5.82 Å². The van der Waals surface area contributed by atoms with Crippen molar-refractivity contribution >= 4 is 5.82 Å². The normalized spacial score (nSPS) is 22.0. The zero-order valence-electron chi connectivity index (χ0n) is 11.7. The summed E-state index contributed by atoms with van der Waals surface area (Å²) in [4.78, 5) is 0. The minimum absolute atomic E-state index is 0.0889. The molecule has 1 aliphatic heterocycles. The largest absolute Gasteiger partial charge is 0.410 e. The molecular weight excluding hydrogens is 283 g/mol. The van der Waals surface area contributed by atoms with Crippen molar-refractivity contribution in [3.63, 3.8) is 0 Å². The lowest BCUT2D eigenvalue weighted by Crippen LogP contribution is -2.35. The van der Waals surface area contributed by atoms with Crippen LogP contribution < -0.4 is 5.32 Å². The summed E-state index contributed by atoms with van der Waals surface area (Å²) in [5, 5.41) is 11.2. The third-order valence-electron chi connectivity index (χ3n) is 3.81. The van der Waals surface area contributed by atoms with E-state index >= 15 is 0 Å². The number of aryl methyl sites for hydroxylation is 2. The molecular formula is C13H16F3N5. The molecule has 0 saturated heterocycles. The van der Waals surface area contributed by atoms with Gasteiger partial charge in [0.25, 0.3) is 0 Å². The number of hydrogen-bond donors (Lipinski definition) is 1. The van der Waals surface area contributed by atoms with Gasteiger partial charge in [-0.1, -0.05) is 0 Å². The van der Waals surface area contributed by atoms with Crippen LogP contribution in [0.1, 0.15) is 36.7 Å². The number of alkyl halides is 3. The third-order valence-corrected chi connectivity index (χ3v) is 3.81. The predicted molar refractivity (Wildman–Crippen MR) is 70.9 cm³/mol. The number of nitrogens with one attached hydrogen (secondary N) is 1. The van der Waals surface area contributed by atoms with Crippen molar-refractivity contribution in [3.05, 3.63) is 29.7 Å². The fourth-order valence-electron chi connectivity index (χ4n) is 2.75. The highest BCUT2D eigenvalue weighted by Gasteiger charge is 2.46. The molecule has 3 rings (SSSR count). The van der Waals surface area contributed by atoms with E-state index in [4.69, 9.17) is 0 Å². The van der Waals surface area contributed by atoms with Gasteiger partial charge in [0, 0.05) is 30.8 Å². The summed E-state index contributed by atoms with van der Waals surface area (Å²) in [7, 11) is 0. The Bertz CT molecular complexity index is 643. The van der Waals surface area contributed by atoms with Gasteiger partial charge in [-0.2, -0.15) is 23.4 Å². The quantitative estimate of drug-likeness (QED) is 0.927. The van der Waals surface area contributed by atoms with E-state index in [9.17, 15) is 13.2 Å². The van der Waals surface area contributed by atoms with Gasteiger partial charge < -0.3 is 5.32 Å². The van der Waals surface area contributed by atoms with Crippen molar-refractivity contribution in [2.45, 2.75) is 45.1 Å². The number of nitrogens with zero attached hydrogens (tertiary/aromatic N) is 4. The molecule has 0 unspecified atom stereocenters. The Morgan fingerprint density at radius 2 is 2.19 bits per heavy atom. The average molecular weight is 299 g/mol. The van der Waals surface area contributed by atoms with Gasteiger partial charge in [-0.3, -0.25) is 4.68 Å². The van der Waals surface area contributed by atoms with E-state index < -0.39 is 18.3 Å². The zero-order chi connectivity index (χ0) is 15.2. The molecule has 21 heavy (non-hydrogen) atoms. The maximum absolute atomic E-state index is 13.2. The second-order valence-corrected chi connectivity index (χ2v) is 5.18. The highest BCUT2D eigenvalue weighted by molar-refractivity contribution is 5.42. The lowest BCUT2D eigenvalue weighted by molar-refractivity contribution is -0.173. The third kappa shape index (κ3) is 2.38. The molecule has 114 valence electrons. The van der Waals surface area contributed by atoms with E-state index in [0.29, 0.717) is 12.4 Å². The molecule has 3 heterocycles. The maximum Gasteiger partial charge on any atom is 0.410 e. The topological polar surface area (TPSA) is 47.7 Å². The Morgan fingerprint density at radius 1 is 1.43 bits per heavy atom. The zero-order valence-corrected chi connectivity index (χ0v) is 11.7. The Hall–Kier alpha value is -1.99. The molecule has 5 nitrogen and oxygen atoms in total. The number of fused-ring (bicyclic) bond motifs is 1. The smallest absolute Gasteiger partial charge is 0.363 e. The van der Waals surface area contributed by atoms with Crippen molar-refractivity contribution < 1.29 is 13.2 Å². The molecule has 0 aromatic carbocycles. The molecule has 0 saturated carbocycles. The number of aromatic nitrogens is 4. The van der Waals surface area contributed by atoms with Crippen LogP contribution in [0.5, 0.6) is 0 Å². The first kappa shape index (κ1) is 14.0. The molecule has 0 spiro atoms. The van der Waals surface area contributed by atoms with Crippen molar-refractivity contribution in [1.82, 2.24) is 19.6 Å². The molecule has 1 aliphatic rings. The van der Waals surface area contributed by atoms with E-state index in [1.807, 2.05) is 20.0 Å². The van der Waals surface area contributed by atoms with E-state index in [1.165, 1.54) is 6.20 Å². The number of anilines is 1. The Kier molecular flexibility index (Phi) is 3.18. The molecule has 0 fully saturated rings. The lowest BCUT2D eigenvalue weighted by atomic mass is 9.97. The molecule has 2 atom stereocenters. The van der Waals surface area contributed by atoms with Crippen LogP contribution in [0.15, 0.2) is 18.5 Å². The molecule has 8 heteroatoms. The van der Waals surface area contributed by atoms with Gasteiger partial charge in [-0.15, -0.1) is 0 Å². The molecule has 0 bridgehead atoms. The lowest BCUT2D eigenvalue weighted by Gasteiger charge is -2.33. The van der Waals surface area contributed by atoms with E-state index in [1.54, 1.807) is 10.7 Å². The van der Waals surface area contributed by atoms with E-state index in [2.05, 4.69) is 15.5 Å². The van der Waals surface area contributed by atoms with Crippen LogP contribution in [0.2, 0.25) is 0 Å². The van der Waals surface area contributed by atoms with E-state index in [0.717, 1.165) is 15.9 Å². The summed E-state index contributed by atoms with van der Waals surface area (Å²) in [6, 6.07) is -0.468. The van der Waals surface area contributed by atoms with Crippen LogP contribution in [-0.4, -0.2) is 25.7 Å².